The summed E-state index contributed by atoms with van der Waals surface area (Å²) in [7, 11) is 0. The van der Waals surface area contributed by atoms with Crippen molar-refractivity contribution in [2.45, 2.75) is 38.6 Å². The summed E-state index contributed by atoms with van der Waals surface area (Å²) in [5.41, 5.74) is 7.30. The highest BCUT2D eigenvalue weighted by Gasteiger charge is 2.22. The highest BCUT2D eigenvalue weighted by atomic mass is 15.2. The minimum atomic E-state index is 0.364. The second kappa shape index (κ2) is 6.86. The van der Waals surface area contributed by atoms with Crippen LogP contribution in [0.2, 0.25) is 0 Å². The van der Waals surface area contributed by atoms with Gasteiger partial charge in [0.25, 0.3) is 0 Å². The van der Waals surface area contributed by atoms with Crippen LogP contribution in [0.25, 0.3) is 0 Å². The molecule has 3 nitrogen and oxygen atoms in total. The topological polar surface area (TPSA) is 42.1 Å². The molecular formula is C15H25N3. The Bertz CT molecular complexity index is 339. The standard InChI is InChI=1S/C15H25N3/c1-2-13-4-3-10-18(11-7-13)15(12-16)14-5-8-17-9-6-14/h5-6,8-9,13,15H,2-4,7,10-12,16H2,1H3. The zero-order valence-electron chi connectivity index (χ0n) is 11.4. The van der Waals surface area contributed by atoms with Crippen molar-refractivity contribution in [3.63, 3.8) is 0 Å². The molecule has 0 radical (unpaired) electrons. The molecule has 2 atom stereocenters. The van der Waals surface area contributed by atoms with Crippen LogP contribution in [0, 0.1) is 5.92 Å². The van der Waals surface area contributed by atoms with Crippen LogP contribution in [-0.2, 0) is 0 Å². The highest BCUT2D eigenvalue weighted by molar-refractivity contribution is 5.15. The Kier molecular flexibility index (Phi) is 5.14. The van der Waals surface area contributed by atoms with Gasteiger partial charge in [-0.25, -0.2) is 0 Å². The van der Waals surface area contributed by atoms with Crippen LogP contribution in [-0.4, -0.2) is 29.5 Å². The van der Waals surface area contributed by atoms with E-state index in [0.29, 0.717) is 12.6 Å². The molecule has 100 valence electrons. The summed E-state index contributed by atoms with van der Waals surface area (Å²) in [6.45, 7) is 5.37. The lowest BCUT2D eigenvalue weighted by Gasteiger charge is -2.30. The van der Waals surface area contributed by atoms with E-state index in [1.807, 2.05) is 12.4 Å². The van der Waals surface area contributed by atoms with Gasteiger partial charge in [0.1, 0.15) is 0 Å². The zero-order chi connectivity index (χ0) is 12.8. The molecule has 1 aliphatic heterocycles. The fourth-order valence-corrected chi connectivity index (χ4v) is 2.99. The van der Waals surface area contributed by atoms with E-state index in [9.17, 15) is 0 Å². The smallest absolute Gasteiger partial charge is 0.0471 e. The first-order chi connectivity index (χ1) is 8.85. The number of pyridine rings is 1. The Morgan fingerprint density at radius 1 is 1.33 bits per heavy atom. The van der Waals surface area contributed by atoms with Gasteiger partial charge in [-0.15, -0.1) is 0 Å². The van der Waals surface area contributed by atoms with Crippen molar-refractivity contribution in [2.24, 2.45) is 11.7 Å². The lowest BCUT2D eigenvalue weighted by molar-refractivity contribution is 0.206. The molecule has 18 heavy (non-hydrogen) atoms. The highest BCUT2D eigenvalue weighted by Crippen LogP contribution is 2.26. The van der Waals surface area contributed by atoms with Crippen LogP contribution in [0.1, 0.15) is 44.2 Å². The summed E-state index contributed by atoms with van der Waals surface area (Å²) in [5, 5.41) is 0. The molecule has 1 saturated heterocycles. The van der Waals surface area contributed by atoms with Crippen molar-refractivity contribution in [1.29, 1.82) is 0 Å². The molecule has 2 N–H and O–H groups in total. The van der Waals surface area contributed by atoms with E-state index in [0.717, 1.165) is 5.92 Å². The Morgan fingerprint density at radius 3 is 2.78 bits per heavy atom. The van der Waals surface area contributed by atoms with Crippen LogP contribution in [0.15, 0.2) is 24.5 Å². The van der Waals surface area contributed by atoms with Crippen molar-refractivity contribution < 1.29 is 0 Å². The molecule has 0 aromatic carbocycles. The first kappa shape index (κ1) is 13.5. The molecule has 0 saturated carbocycles. The molecular weight excluding hydrogens is 222 g/mol. The Morgan fingerprint density at radius 2 is 2.11 bits per heavy atom. The summed E-state index contributed by atoms with van der Waals surface area (Å²) < 4.78 is 0. The monoisotopic (exact) mass is 247 g/mol. The van der Waals surface area contributed by atoms with Crippen molar-refractivity contribution in [2.75, 3.05) is 19.6 Å². The van der Waals surface area contributed by atoms with Gasteiger partial charge in [-0.05, 0) is 56.0 Å². The van der Waals surface area contributed by atoms with Gasteiger partial charge in [0, 0.05) is 25.0 Å². The maximum Gasteiger partial charge on any atom is 0.0471 e. The summed E-state index contributed by atoms with van der Waals surface area (Å²) in [6.07, 6.45) is 9.05. The van der Waals surface area contributed by atoms with Gasteiger partial charge in [-0.2, -0.15) is 0 Å². The minimum absolute atomic E-state index is 0.364. The quantitative estimate of drug-likeness (QED) is 0.889. The fraction of sp³-hybridized carbons (Fsp3) is 0.667. The van der Waals surface area contributed by atoms with Crippen LogP contribution in [0.4, 0.5) is 0 Å². The van der Waals surface area contributed by atoms with Crippen molar-refractivity contribution in [3.05, 3.63) is 30.1 Å². The molecule has 1 aromatic heterocycles. The Hall–Kier alpha value is -0.930. The van der Waals surface area contributed by atoms with Gasteiger partial charge in [0.2, 0.25) is 0 Å². The first-order valence-corrected chi connectivity index (χ1v) is 7.19. The van der Waals surface area contributed by atoms with E-state index >= 15 is 0 Å². The zero-order valence-corrected chi connectivity index (χ0v) is 11.4. The van der Waals surface area contributed by atoms with Crippen LogP contribution < -0.4 is 5.73 Å². The first-order valence-electron chi connectivity index (χ1n) is 7.19. The number of aromatic nitrogens is 1. The summed E-state index contributed by atoms with van der Waals surface area (Å²) in [6, 6.07) is 4.56. The molecule has 2 unspecified atom stereocenters. The molecule has 3 heteroatoms. The van der Waals surface area contributed by atoms with Gasteiger partial charge in [0.05, 0.1) is 0 Å². The lowest BCUT2D eigenvalue weighted by Crippen LogP contribution is -2.34. The number of nitrogens with two attached hydrogens (primary N) is 1. The van der Waals surface area contributed by atoms with Gasteiger partial charge in [-0.3, -0.25) is 9.88 Å². The number of hydrogen-bond donors (Lipinski definition) is 1. The van der Waals surface area contributed by atoms with Gasteiger partial charge >= 0.3 is 0 Å². The molecule has 0 amide bonds. The van der Waals surface area contributed by atoms with Crippen LogP contribution in [0.3, 0.4) is 0 Å². The van der Waals surface area contributed by atoms with E-state index in [1.165, 1.54) is 44.3 Å². The van der Waals surface area contributed by atoms with E-state index in [1.54, 1.807) is 0 Å². The van der Waals surface area contributed by atoms with Crippen molar-refractivity contribution in [3.8, 4) is 0 Å². The fourth-order valence-electron chi connectivity index (χ4n) is 2.99. The Labute approximate surface area is 110 Å². The molecule has 0 aliphatic carbocycles. The largest absolute Gasteiger partial charge is 0.329 e. The van der Waals surface area contributed by atoms with Gasteiger partial charge in [0.15, 0.2) is 0 Å². The molecule has 2 heterocycles. The normalized spacial score (nSPS) is 23.6. The third kappa shape index (κ3) is 3.30. The molecule has 1 aliphatic rings. The second-order valence-corrected chi connectivity index (χ2v) is 5.27. The van der Waals surface area contributed by atoms with Crippen LogP contribution >= 0.6 is 0 Å². The molecule has 0 bridgehead atoms. The SMILES string of the molecule is CCC1CCCN(C(CN)c2ccncc2)CC1. The second-order valence-electron chi connectivity index (χ2n) is 5.27. The Balaban J connectivity index is 2.04. The third-order valence-corrected chi connectivity index (χ3v) is 4.21. The number of hydrogen-bond acceptors (Lipinski definition) is 3. The van der Waals surface area contributed by atoms with Crippen molar-refractivity contribution in [1.82, 2.24) is 9.88 Å². The minimum Gasteiger partial charge on any atom is -0.329 e. The third-order valence-electron chi connectivity index (χ3n) is 4.21. The number of nitrogens with zero attached hydrogens (tertiary/aromatic N) is 2. The average molecular weight is 247 g/mol. The molecule has 0 spiro atoms. The van der Waals surface area contributed by atoms with E-state index in [-0.39, 0.29) is 0 Å². The molecule has 2 rings (SSSR count). The molecule has 1 fully saturated rings. The predicted molar refractivity (Wildman–Crippen MR) is 75.2 cm³/mol. The van der Waals surface area contributed by atoms with Crippen molar-refractivity contribution >= 4 is 0 Å². The van der Waals surface area contributed by atoms with E-state index in [4.69, 9.17) is 5.73 Å². The maximum atomic E-state index is 5.99. The van der Waals surface area contributed by atoms with Crippen LogP contribution in [0.5, 0.6) is 0 Å². The summed E-state index contributed by atoms with van der Waals surface area (Å²) in [4.78, 5) is 6.65. The lowest BCUT2D eigenvalue weighted by atomic mass is 9.98. The molecule has 1 aromatic rings. The summed E-state index contributed by atoms with van der Waals surface area (Å²) in [5.74, 6) is 0.908. The van der Waals surface area contributed by atoms with E-state index < -0.39 is 0 Å². The van der Waals surface area contributed by atoms with Gasteiger partial charge in [-0.1, -0.05) is 13.3 Å². The van der Waals surface area contributed by atoms with Gasteiger partial charge < -0.3 is 5.73 Å². The average Bonchev–Trinajstić information content (AvgIpc) is 2.66. The summed E-state index contributed by atoms with van der Waals surface area (Å²) >= 11 is 0. The maximum absolute atomic E-state index is 5.99. The predicted octanol–water partition coefficient (Wildman–Crippen LogP) is 2.59. The van der Waals surface area contributed by atoms with E-state index in [2.05, 4.69) is 28.9 Å². The number of likely N-dealkylation sites (tertiary alicyclic amines) is 1. The number of rotatable bonds is 4.